The van der Waals surface area contributed by atoms with Crippen LogP contribution in [0.4, 0.5) is 5.82 Å². The highest BCUT2D eigenvalue weighted by Crippen LogP contribution is 2.21. The van der Waals surface area contributed by atoms with E-state index in [0.717, 1.165) is 9.32 Å². The number of nitrogens with zero attached hydrogens (tertiary/aromatic N) is 2. The van der Waals surface area contributed by atoms with Crippen molar-refractivity contribution in [2.75, 3.05) is 5.73 Å². The summed E-state index contributed by atoms with van der Waals surface area (Å²) in [5.41, 5.74) is 5.51. The van der Waals surface area contributed by atoms with Crippen LogP contribution in [0.1, 0.15) is 0 Å². The van der Waals surface area contributed by atoms with E-state index in [2.05, 4.69) is 32.6 Å². The summed E-state index contributed by atoms with van der Waals surface area (Å²) in [5, 5.41) is 0. The topological polar surface area (TPSA) is 61.0 Å². The molecule has 0 amide bonds. The molecule has 0 atom stereocenters. The lowest BCUT2D eigenvalue weighted by atomic mass is 10.3. The Labute approximate surface area is 101 Å². The molecule has 1 aromatic heterocycles. The normalized spacial score (nSPS) is 9.93. The number of hydrogen-bond acceptors (Lipinski definition) is 4. The summed E-state index contributed by atoms with van der Waals surface area (Å²) >= 11 is 2.22. The summed E-state index contributed by atoms with van der Waals surface area (Å²) in [5.74, 6) is 1.58. The van der Waals surface area contributed by atoms with Crippen molar-refractivity contribution in [3.05, 3.63) is 40.2 Å². The van der Waals surface area contributed by atoms with Gasteiger partial charge in [0.2, 0.25) is 5.88 Å². The molecule has 0 saturated heterocycles. The van der Waals surface area contributed by atoms with Crippen LogP contribution in [-0.2, 0) is 0 Å². The van der Waals surface area contributed by atoms with Crippen molar-refractivity contribution in [3.8, 4) is 11.6 Å². The van der Waals surface area contributed by atoms with E-state index in [0.29, 0.717) is 11.7 Å². The fraction of sp³-hybridized carbons (Fsp3) is 0. The Bertz CT molecular complexity index is 432. The average molecular weight is 313 g/mol. The minimum Gasteiger partial charge on any atom is -0.439 e. The number of ether oxygens (including phenoxy) is 1. The first-order valence-electron chi connectivity index (χ1n) is 4.25. The first kappa shape index (κ1) is 10.2. The highest BCUT2D eigenvalue weighted by molar-refractivity contribution is 14.1. The molecule has 1 heterocycles. The second-order valence-electron chi connectivity index (χ2n) is 2.84. The summed E-state index contributed by atoms with van der Waals surface area (Å²) in [6.07, 6.45) is 1.37. The van der Waals surface area contributed by atoms with Crippen LogP contribution in [0, 0.1) is 3.57 Å². The van der Waals surface area contributed by atoms with Gasteiger partial charge in [0.15, 0.2) is 0 Å². The molecular formula is C10H8IN3O. The fourth-order valence-electron chi connectivity index (χ4n) is 1.06. The molecule has 0 aliphatic rings. The number of nitrogen functional groups attached to an aromatic ring is 1. The van der Waals surface area contributed by atoms with E-state index in [9.17, 15) is 0 Å². The Morgan fingerprint density at radius 3 is 2.80 bits per heavy atom. The standard InChI is InChI=1S/C10H8IN3O/c11-7-2-1-3-8(4-7)15-10-5-9(12)13-6-14-10/h1-6H,(H2,12,13,14). The van der Waals surface area contributed by atoms with Gasteiger partial charge in [0.05, 0.1) is 0 Å². The summed E-state index contributed by atoms with van der Waals surface area (Å²) < 4.78 is 6.61. The fourth-order valence-corrected chi connectivity index (χ4v) is 1.58. The highest BCUT2D eigenvalue weighted by Gasteiger charge is 1.99. The first-order valence-corrected chi connectivity index (χ1v) is 5.33. The maximum absolute atomic E-state index is 5.51. The van der Waals surface area contributed by atoms with E-state index in [-0.39, 0.29) is 0 Å². The van der Waals surface area contributed by atoms with E-state index in [4.69, 9.17) is 10.5 Å². The van der Waals surface area contributed by atoms with Gasteiger partial charge in [0.25, 0.3) is 0 Å². The van der Waals surface area contributed by atoms with E-state index in [1.54, 1.807) is 6.07 Å². The van der Waals surface area contributed by atoms with Crippen molar-refractivity contribution in [1.29, 1.82) is 0 Å². The van der Waals surface area contributed by atoms with Crippen molar-refractivity contribution in [1.82, 2.24) is 9.97 Å². The van der Waals surface area contributed by atoms with Gasteiger partial charge in [0.1, 0.15) is 17.9 Å². The van der Waals surface area contributed by atoms with E-state index in [1.807, 2.05) is 24.3 Å². The lowest BCUT2D eigenvalue weighted by Gasteiger charge is -2.04. The molecule has 15 heavy (non-hydrogen) atoms. The quantitative estimate of drug-likeness (QED) is 0.865. The molecule has 0 aliphatic heterocycles. The Hall–Kier alpha value is -1.37. The summed E-state index contributed by atoms with van der Waals surface area (Å²) in [7, 11) is 0. The molecule has 76 valence electrons. The molecule has 4 nitrogen and oxygen atoms in total. The molecule has 2 aromatic rings. The molecule has 2 N–H and O–H groups in total. The van der Waals surface area contributed by atoms with Crippen LogP contribution in [0.2, 0.25) is 0 Å². The number of hydrogen-bond donors (Lipinski definition) is 1. The number of anilines is 1. The molecule has 0 unspecified atom stereocenters. The van der Waals surface area contributed by atoms with E-state index < -0.39 is 0 Å². The molecule has 0 radical (unpaired) electrons. The number of aromatic nitrogens is 2. The van der Waals surface area contributed by atoms with Gasteiger partial charge in [-0.2, -0.15) is 0 Å². The largest absolute Gasteiger partial charge is 0.439 e. The van der Waals surface area contributed by atoms with Crippen LogP contribution < -0.4 is 10.5 Å². The molecule has 1 aromatic carbocycles. The van der Waals surface area contributed by atoms with Crippen molar-refractivity contribution in [2.24, 2.45) is 0 Å². The Morgan fingerprint density at radius 1 is 1.20 bits per heavy atom. The summed E-state index contributed by atoms with van der Waals surface area (Å²) in [4.78, 5) is 7.73. The van der Waals surface area contributed by atoms with Gasteiger partial charge in [-0.3, -0.25) is 0 Å². The Morgan fingerprint density at radius 2 is 2.07 bits per heavy atom. The van der Waals surface area contributed by atoms with Crippen LogP contribution in [0.3, 0.4) is 0 Å². The zero-order valence-corrected chi connectivity index (χ0v) is 9.88. The van der Waals surface area contributed by atoms with Crippen molar-refractivity contribution in [2.45, 2.75) is 0 Å². The van der Waals surface area contributed by atoms with E-state index >= 15 is 0 Å². The maximum Gasteiger partial charge on any atom is 0.224 e. The molecule has 0 spiro atoms. The van der Waals surface area contributed by atoms with Crippen LogP contribution >= 0.6 is 22.6 Å². The third kappa shape index (κ3) is 2.79. The second kappa shape index (κ2) is 4.43. The summed E-state index contributed by atoms with van der Waals surface area (Å²) in [6, 6.07) is 9.27. The molecule has 0 bridgehead atoms. The first-order chi connectivity index (χ1) is 7.24. The van der Waals surface area contributed by atoms with Crippen molar-refractivity contribution in [3.63, 3.8) is 0 Å². The van der Waals surface area contributed by atoms with Gasteiger partial charge in [-0.05, 0) is 40.8 Å². The number of rotatable bonds is 2. The predicted octanol–water partition coefficient (Wildman–Crippen LogP) is 2.46. The van der Waals surface area contributed by atoms with Crippen LogP contribution in [0.25, 0.3) is 0 Å². The Kier molecular flexibility index (Phi) is 3.00. The molecule has 0 saturated carbocycles. The zero-order valence-electron chi connectivity index (χ0n) is 7.72. The summed E-state index contributed by atoms with van der Waals surface area (Å²) in [6.45, 7) is 0. The van der Waals surface area contributed by atoms with Crippen molar-refractivity contribution < 1.29 is 4.74 Å². The molecule has 0 aliphatic carbocycles. The predicted molar refractivity (Wildman–Crippen MR) is 65.7 cm³/mol. The number of halogens is 1. The van der Waals surface area contributed by atoms with Gasteiger partial charge in [-0.15, -0.1) is 0 Å². The minimum absolute atomic E-state index is 0.394. The average Bonchev–Trinajstić information content (AvgIpc) is 2.17. The zero-order chi connectivity index (χ0) is 10.7. The molecule has 0 fully saturated rings. The smallest absolute Gasteiger partial charge is 0.224 e. The van der Waals surface area contributed by atoms with Gasteiger partial charge in [0, 0.05) is 9.64 Å². The third-order valence-corrected chi connectivity index (χ3v) is 2.35. The molecular weight excluding hydrogens is 305 g/mol. The van der Waals surface area contributed by atoms with Crippen molar-refractivity contribution >= 4 is 28.4 Å². The second-order valence-corrected chi connectivity index (χ2v) is 4.09. The van der Waals surface area contributed by atoms with Crippen LogP contribution in [0.15, 0.2) is 36.7 Å². The van der Waals surface area contributed by atoms with Crippen LogP contribution in [0.5, 0.6) is 11.6 Å². The minimum atomic E-state index is 0.394. The lowest BCUT2D eigenvalue weighted by Crippen LogP contribution is -1.93. The monoisotopic (exact) mass is 313 g/mol. The Balaban J connectivity index is 2.22. The third-order valence-electron chi connectivity index (χ3n) is 1.68. The van der Waals surface area contributed by atoms with Gasteiger partial charge < -0.3 is 10.5 Å². The molecule has 2 rings (SSSR count). The number of nitrogens with two attached hydrogens (primary N) is 1. The van der Waals surface area contributed by atoms with Gasteiger partial charge >= 0.3 is 0 Å². The molecule has 5 heteroatoms. The SMILES string of the molecule is Nc1cc(Oc2cccc(I)c2)ncn1. The van der Waals surface area contributed by atoms with Gasteiger partial charge in [-0.1, -0.05) is 6.07 Å². The number of benzene rings is 1. The maximum atomic E-state index is 5.51. The van der Waals surface area contributed by atoms with Gasteiger partial charge in [-0.25, -0.2) is 9.97 Å². The lowest BCUT2D eigenvalue weighted by molar-refractivity contribution is 0.461. The van der Waals surface area contributed by atoms with E-state index in [1.165, 1.54) is 6.33 Å². The van der Waals surface area contributed by atoms with Crippen LogP contribution in [-0.4, -0.2) is 9.97 Å². The highest BCUT2D eigenvalue weighted by atomic mass is 127.